The van der Waals surface area contributed by atoms with E-state index in [4.69, 9.17) is 9.72 Å². The Morgan fingerprint density at radius 3 is 2.84 bits per heavy atom. The summed E-state index contributed by atoms with van der Waals surface area (Å²) in [7, 11) is 1.75. The lowest BCUT2D eigenvalue weighted by atomic mass is 10.1. The number of ether oxygens (including phenoxy) is 1. The van der Waals surface area contributed by atoms with E-state index in [1.807, 2.05) is 20.0 Å². The molecule has 3 atom stereocenters. The second kappa shape index (κ2) is 7.59. The Morgan fingerprint density at radius 2 is 2.00 bits per heavy atom. The van der Waals surface area contributed by atoms with Gasteiger partial charge in [-0.15, -0.1) is 0 Å². The molecule has 0 radical (unpaired) electrons. The van der Waals surface area contributed by atoms with Gasteiger partial charge in [-0.2, -0.15) is 4.98 Å². The van der Waals surface area contributed by atoms with Crippen molar-refractivity contribution in [2.45, 2.75) is 46.0 Å². The van der Waals surface area contributed by atoms with Crippen LogP contribution in [0.1, 0.15) is 47.6 Å². The van der Waals surface area contributed by atoms with Gasteiger partial charge in [0.2, 0.25) is 5.88 Å². The quantitative estimate of drug-likeness (QED) is 0.633. The number of hydrogen-bond donors (Lipinski definition) is 0. The van der Waals surface area contributed by atoms with Crippen molar-refractivity contribution in [3.8, 4) is 17.0 Å². The molecule has 6 heteroatoms. The molecule has 2 aliphatic carbocycles. The predicted octanol–water partition coefficient (Wildman–Crippen LogP) is 3.77. The first-order valence-corrected chi connectivity index (χ1v) is 11.0. The summed E-state index contributed by atoms with van der Waals surface area (Å²) < 4.78 is 7.83. The summed E-state index contributed by atoms with van der Waals surface area (Å²) in [5.74, 6) is 2.58. The number of nitrogens with zero attached hydrogens (tertiary/aromatic N) is 4. The third-order valence-electron chi connectivity index (χ3n) is 6.86. The van der Waals surface area contributed by atoms with E-state index in [0.717, 1.165) is 29.5 Å². The summed E-state index contributed by atoms with van der Waals surface area (Å²) in [5, 5.41) is 0. The van der Waals surface area contributed by atoms with Gasteiger partial charge in [0.15, 0.2) is 0 Å². The maximum atomic E-state index is 12.2. The van der Waals surface area contributed by atoms with Crippen molar-refractivity contribution in [2.24, 2.45) is 18.9 Å². The van der Waals surface area contributed by atoms with Crippen molar-refractivity contribution < 1.29 is 4.74 Å². The van der Waals surface area contributed by atoms with Crippen LogP contribution in [-0.2, 0) is 19.9 Å². The molecular formula is C25H28N4O2. The molecular weight excluding hydrogens is 388 g/mol. The Labute approximate surface area is 182 Å². The van der Waals surface area contributed by atoms with E-state index in [2.05, 4.69) is 29.0 Å². The molecule has 31 heavy (non-hydrogen) atoms. The normalized spacial score (nSPS) is 21.7. The molecule has 160 valence electrons. The summed E-state index contributed by atoms with van der Waals surface area (Å²) >= 11 is 0. The summed E-state index contributed by atoms with van der Waals surface area (Å²) in [6.07, 6.45) is 7.07. The molecule has 2 aliphatic rings. The van der Waals surface area contributed by atoms with Gasteiger partial charge in [0.25, 0.3) is 5.56 Å². The van der Waals surface area contributed by atoms with Crippen LogP contribution in [-0.4, -0.2) is 26.1 Å². The molecule has 1 saturated carbocycles. The Kier molecular flexibility index (Phi) is 4.88. The smallest absolute Gasteiger partial charge is 0.250 e. The molecule has 6 nitrogen and oxygen atoms in total. The molecule has 0 bridgehead atoms. The minimum Gasteiger partial charge on any atom is -0.477 e. The highest BCUT2D eigenvalue weighted by molar-refractivity contribution is 5.70. The number of pyridine rings is 2. The summed E-state index contributed by atoms with van der Waals surface area (Å²) in [6, 6.07) is 6.10. The van der Waals surface area contributed by atoms with Gasteiger partial charge in [-0.25, -0.2) is 4.98 Å². The summed E-state index contributed by atoms with van der Waals surface area (Å²) in [6.45, 7) is 6.68. The average Bonchev–Trinajstić information content (AvgIpc) is 3.16. The molecule has 0 spiro atoms. The standard InChI is InChI=1S/C25H28N4O2/c1-14-12-29(4)23(30)10-18(14)19-11-26-16(3)27-25(19)31-13-20-15(2)24(20)22-9-8-17-6-5-7-21(17)28-22/h8-12,15,20,24H,5-7,13H2,1-4H3. The van der Waals surface area contributed by atoms with E-state index in [0.29, 0.717) is 36.1 Å². The van der Waals surface area contributed by atoms with E-state index in [9.17, 15) is 4.79 Å². The Morgan fingerprint density at radius 1 is 1.16 bits per heavy atom. The first kappa shape index (κ1) is 19.9. The van der Waals surface area contributed by atoms with Crippen LogP contribution in [0.3, 0.4) is 0 Å². The zero-order valence-corrected chi connectivity index (χ0v) is 18.6. The summed E-state index contributed by atoms with van der Waals surface area (Å²) in [5.41, 5.74) is 6.40. The highest BCUT2D eigenvalue weighted by atomic mass is 16.5. The Bertz CT molecular complexity index is 1220. The van der Waals surface area contributed by atoms with Crippen molar-refractivity contribution in [1.82, 2.24) is 19.5 Å². The van der Waals surface area contributed by atoms with Gasteiger partial charge in [0.05, 0.1) is 12.2 Å². The van der Waals surface area contributed by atoms with E-state index >= 15 is 0 Å². The van der Waals surface area contributed by atoms with Crippen molar-refractivity contribution in [2.75, 3.05) is 6.61 Å². The zero-order valence-electron chi connectivity index (χ0n) is 18.6. The van der Waals surface area contributed by atoms with Gasteiger partial charge < -0.3 is 9.30 Å². The first-order chi connectivity index (χ1) is 14.9. The third-order valence-corrected chi connectivity index (χ3v) is 6.86. The molecule has 0 N–H and O–H groups in total. The van der Waals surface area contributed by atoms with Crippen molar-refractivity contribution in [1.29, 1.82) is 0 Å². The van der Waals surface area contributed by atoms with E-state index in [-0.39, 0.29) is 5.56 Å². The van der Waals surface area contributed by atoms with Crippen LogP contribution < -0.4 is 10.3 Å². The first-order valence-electron chi connectivity index (χ1n) is 11.0. The lowest BCUT2D eigenvalue weighted by Crippen LogP contribution is -2.16. The Hall–Kier alpha value is -3.02. The van der Waals surface area contributed by atoms with Gasteiger partial charge in [0, 0.05) is 48.7 Å². The van der Waals surface area contributed by atoms with Gasteiger partial charge in [-0.3, -0.25) is 9.78 Å². The molecule has 1 fully saturated rings. The second-order valence-electron chi connectivity index (χ2n) is 9.01. The molecule has 0 aliphatic heterocycles. The van der Waals surface area contributed by atoms with Crippen LogP contribution in [0.2, 0.25) is 0 Å². The molecule has 0 amide bonds. The lowest BCUT2D eigenvalue weighted by Gasteiger charge is -2.13. The molecule has 3 unspecified atom stereocenters. The van der Waals surface area contributed by atoms with E-state index in [1.165, 1.54) is 23.4 Å². The SMILES string of the molecule is Cc1ncc(-c2cc(=O)n(C)cc2C)c(OCC2C(C)C2c2ccc3c(n2)CCC3)n1. The number of aryl methyl sites for hydroxylation is 5. The fourth-order valence-electron chi connectivity index (χ4n) is 4.88. The number of rotatable bonds is 5. The molecule has 3 aromatic heterocycles. The lowest BCUT2D eigenvalue weighted by molar-refractivity contribution is 0.280. The van der Waals surface area contributed by atoms with Gasteiger partial charge in [0.1, 0.15) is 5.82 Å². The summed E-state index contributed by atoms with van der Waals surface area (Å²) in [4.78, 5) is 26.1. The van der Waals surface area contributed by atoms with Gasteiger partial charge in [-0.1, -0.05) is 13.0 Å². The van der Waals surface area contributed by atoms with Gasteiger partial charge >= 0.3 is 0 Å². The monoisotopic (exact) mass is 416 g/mol. The van der Waals surface area contributed by atoms with E-state index < -0.39 is 0 Å². The fraction of sp³-hybridized carbons (Fsp3) is 0.440. The predicted molar refractivity (Wildman–Crippen MR) is 119 cm³/mol. The molecule has 0 saturated heterocycles. The second-order valence-corrected chi connectivity index (χ2v) is 9.01. The van der Waals surface area contributed by atoms with Gasteiger partial charge in [-0.05, 0) is 61.8 Å². The van der Waals surface area contributed by atoms with Crippen LogP contribution >= 0.6 is 0 Å². The van der Waals surface area contributed by atoms with Crippen molar-refractivity contribution in [3.63, 3.8) is 0 Å². The van der Waals surface area contributed by atoms with Crippen molar-refractivity contribution >= 4 is 0 Å². The van der Waals surface area contributed by atoms with Crippen LogP contribution in [0.5, 0.6) is 5.88 Å². The molecule has 3 aromatic rings. The number of hydrogen-bond acceptors (Lipinski definition) is 5. The maximum absolute atomic E-state index is 12.2. The zero-order chi connectivity index (χ0) is 21.7. The largest absolute Gasteiger partial charge is 0.477 e. The van der Waals surface area contributed by atoms with Crippen LogP contribution in [0.4, 0.5) is 0 Å². The average molecular weight is 417 g/mol. The van der Waals surface area contributed by atoms with E-state index in [1.54, 1.807) is 23.9 Å². The Balaban J connectivity index is 1.37. The minimum atomic E-state index is -0.0642. The maximum Gasteiger partial charge on any atom is 0.250 e. The highest BCUT2D eigenvalue weighted by Gasteiger charge is 2.49. The highest BCUT2D eigenvalue weighted by Crippen LogP contribution is 2.53. The molecule has 5 rings (SSSR count). The van der Waals surface area contributed by atoms with Crippen LogP contribution in [0.15, 0.2) is 35.4 Å². The van der Waals surface area contributed by atoms with Crippen molar-refractivity contribution in [3.05, 3.63) is 69.3 Å². The fourth-order valence-corrected chi connectivity index (χ4v) is 4.88. The van der Waals surface area contributed by atoms with Crippen LogP contribution in [0.25, 0.3) is 11.1 Å². The number of fused-ring (bicyclic) bond motifs is 1. The number of aromatic nitrogens is 4. The molecule has 3 heterocycles. The molecule has 0 aromatic carbocycles. The topological polar surface area (TPSA) is 69.9 Å². The third kappa shape index (κ3) is 3.64. The minimum absolute atomic E-state index is 0.0642. The van der Waals surface area contributed by atoms with Crippen LogP contribution in [0, 0.1) is 25.7 Å².